The first kappa shape index (κ1) is 16.3. The van der Waals surface area contributed by atoms with Crippen LogP contribution < -0.4 is 9.47 Å². The van der Waals surface area contributed by atoms with Gasteiger partial charge in [0.1, 0.15) is 11.5 Å². The molecule has 1 aromatic carbocycles. The van der Waals surface area contributed by atoms with Crippen LogP contribution in [0.3, 0.4) is 0 Å². The summed E-state index contributed by atoms with van der Waals surface area (Å²) < 4.78 is 10.6. The second kappa shape index (κ2) is 7.26. The second-order valence-corrected chi connectivity index (χ2v) is 6.03. The van der Waals surface area contributed by atoms with E-state index in [0.717, 1.165) is 32.6 Å². The lowest BCUT2D eigenvalue weighted by Gasteiger charge is -2.09. The van der Waals surface area contributed by atoms with Crippen LogP contribution in [0.2, 0.25) is 0 Å². The van der Waals surface area contributed by atoms with Crippen molar-refractivity contribution in [1.82, 2.24) is 4.98 Å². The largest absolute Gasteiger partial charge is 0.497 e. The number of hydrogen-bond donors (Lipinski definition) is 1. The molecule has 0 saturated heterocycles. The summed E-state index contributed by atoms with van der Waals surface area (Å²) in [5.74, 6) is 0.778. The summed E-state index contributed by atoms with van der Waals surface area (Å²) in [6.45, 7) is 1.92. The van der Waals surface area contributed by atoms with Crippen LogP contribution in [0.25, 0.3) is 0 Å². The molecule has 0 unspecified atom stereocenters. The number of carbonyl (C=O) groups is 1. The van der Waals surface area contributed by atoms with Crippen LogP contribution in [-0.4, -0.2) is 30.3 Å². The van der Waals surface area contributed by atoms with Crippen LogP contribution in [0.1, 0.15) is 27.6 Å². The number of aryl methyl sites for hydroxylation is 2. The number of carboxylic acids is 1. The normalized spacial score (nSPS) is 10.5. The Hall–Kier alpha value is -2.08. The number of thiazole rings is 1. The molecule has 0 aliphatic heterocycles. The molecular formula is C16H19NO4S. The predicted octanol–water partition coefficient (Wildman–Crippen LogP) is 3.08. The average Bonchev–Trinajstić information content (AvgIpc) is 2.84. The molecule has 6 heteroatoms. The van der Waals surface area contributed by atoms with Crippen LogP contribution >= 0.6 is 11.3 Å². The van der Waals surface area contributed by atoms with Gasteiger partial charge in [0.2, 0.25) is 0 Å². The van der Waals surface area contributed by atoms with Gasteiger partial charge in [0.05, 0.1) is 31.3 Å². The number of carboxylic acid groups (broad SMARTS) is 1. The van der Waals surface area contributed by atoms with Crippen LogP contribution in [0.5, 0.6) is 11.5 Å². The minimum absolute atomic E-state index is 0.130. The molecule has 1 N–H and O–H groups in total. The molecule has 1 aromatic heterocycles. The molecule has 0 aliphatic rings. The molecule has 2 rings (SSSR count). The van der Waals surface area contributed by atoms with Gasteiger partial charge in [-0.25, -0.2) is 4.98 Å². The van der Waals surface area contributed by atoms with Crippen molar-refractivity contribution in [3.63, 3.8) is 0 Å². The van der Waals surface area contributed by atoms with Crippen molar-refractivity contribution in [1.29, 1.82) is 0 Å². The Morgan fingerprint density at radius 2 is 2.09 bits per heavy atom. The molecule has 0 bridgehead atoms. The van der Waals surface area contributed by atoms with E-state index >= 15 is 0 Å². The maximum absolute atomic E-state index is 10.7. The van der Waals surface area contributed by atoms with E-state index in [0.29, 0.717) is 12.8 Å². The number of aliphatic carboxylic acids is 1. The van der Waals surface area contributed by atoms with Gasteiger partial charge in [-0.3, -0.25) is 4.79 Å². The van der Waals surface area contributed by atoms with Gasteiger partial charge in [-0.1, -0.05) is 0 Å². The number of ether oxygens (including phenoxy) is 2. The van der Waals surface area contributed by atoms with Crippen molar-refractivity contribution < 1.29 is 19.4 Å². The first-order valence-electron chi connectivity index (χ1n) is 6.91. The highest BCUT2D eigenvalue weighted by Gasteiger charge is 2.12. The van der Waals surface area contributed by atoms with Gasteiger partial charge in [0, 0.05) is 16.9 Å². The number of rotatable bonds is 7. The SMILES string of the molecule is COc1ccc(OC)c(Cc2nc(C)c(CCC(=O)O)s2)c1. The van der Waals surface area contributed by atoms with E-state index in [9.17, 15) is 4.79 Å². The number of benzene rings is 1. The maximum Gasteiger partial charge on any atom is 0.303 e. The van der Waals surface area contributed by atoms with Gasteiger partial charge in [-0.05, 0) is 31.5 Å². The first-order valence-corrected chi connectivity index (χ1v) is 7.73. The number of methoxy groups -OCH3 is 2. The van der Waals surface area contributed by atoms with Gasteiger partial charge in [-0.2, -0.15) is 0 Å². The van der Waals surface area contributed by atoms with Crippen LogP contribution in [0.15, 0.2) is 18.2 Å². The molecule has 0 saturated carbocycles. The van der Waals surface area contributed by atoms with Crippen molar-refractivity contribution in [3.05, 3.63) is 39.3 Å². The lowest BCUT2D eigenvalue weighted by atomic mass is 10.1. The van der Waals surface area contributed by atoms with Gasteiger partial charge in [0.15, 0.2) is 0 Å². The van der Waals surface area contributed by atoms with Crippen LogP contribution in [-0.2, 0) is 17.6 Å². The molecular weight excluding hydrogens is 302 g/mol. The lowest BCUT2D eigenvalue weighted by molar-refractivity contribution is -0.136. The third-order valence-electron chi connectivity index (χ3n) is 3.33. The van der Waals surface area contributed by atoms with E-state index in [1.807, 2.05) is 25.1 Å². The third-order valence-corrected chi connectivity index (χ3v) is 4.55. The zero-order valence-corrected chi connectivity index (χ0v) is 13.7. The highest BCUT2D eigenvalue weighted by Crippen LogP contribution is 2.29. The summed E-state index contributed by atoms with van der Waals surface area (Å²) >= 11 is 1.56. The fourth-order valence-electron chi connectivity index (χ4n) is 2.20. The fourth-order valence-corrected chi connectivity index (χ4v) is 3.29. The summed E-state index contributed by atoms with van der Waals surface area (Å²) in [6.07, 6.45) is 1.29. The Bertz CT molecular complexity index is 666. The van der Waals surface area contributed by atoms with E-state index in [1.54, 1.807) is 25.6 Å². The second-order valence-electron chi connectivity index (χ2n) is 4.86. The standard InChI is InChI=1S/C16H19NO4S/c1-10-14(6-7-16(18)19)22-15(17-10)9-11-8-12(20-2)4-5-13(11)21-3/h4-5,8H,6-7,9H2,1-3H3,(H,18,19). The molecule has 0 radical (unpaired) electrons. The predicted molar refractivity (Wildman–Crippen MR) is 85.2 cm³/mol. The average molecular weight is 321 g/mol. The summed E-state index contributed by atoms with van der Waals surface area (Å²) in [7, 11) is 3.26. The van der Waals surface area contributed by atoms with Crippen molar-refractivity contribution in [2.24, 2.45) is 0 Å². The summed E-state index contributed by atoms with van der Waals surface area (Å²) in [5, 5.41) is 9.74. The Labute approximate surface area is 133 Å². The molecule has 0 spiro atoms. The molecule has 0 fully saturated rings. The number of nitrogens with zero attached hydrogens (tertiary/aromatic N) is 1. The van der Waals surface area contributed by atoms with E-state index in [2.05, 4.69) is 4.98 Å². The molecule has 118 valence electrons. The minimum atomic E-state index is -0.788. The quantitative estimate of drug-likeness (QED) is 0.849. The topological polar surface area (TPSA) is 68.7 Å². The van der Waals surface area contributed by atoms with Crippen LogP contribution in [0.4, 0.5) is 0 Å². The Morgan fingerprint density at radius 3 is 2.73 bits per heavy atom. The molecule has 2 aromatic rings. The third kappa shape index (κ3) is 3.98. The molecule has 0 atom stereocenters. The minimum Gasteiger partial charge on any atom is -0.497 e. The molecule has 0 amide bonds. The van der Waals surface area contributed by atoms with E-state index in [4.69, 9.17) is 14.6 Å². The highest BCUT2D eigenvalue weighted by atomic mass is 32.1. The van der Waals surface area contributed by atoms with Gasteiger partial charge >= 0.3 is 5.97 Å². The first-order chi connectivity index (χ1) is 10.5. The summed E-state index contributed by atoms with van der Waals surface area (Å²) in [4.78, 5) is 16.3. The highest BCUT2D eigenvalue weighted by molar-refractivity contribution is 7.11. The van der Waals surface area contributed by atoms with E-state index in [1.165, 1.54) is 0 Å². The van der Waals surface area contributed by atoms with Crippen molar-refractivity contribution >= 4 is 17.3 Å². The molecule has 0 aliphatic carbocycles. The van der Waals surface area contributed by atoms with Gasteiger partial charge < -0.3 is 14.6 Å². The zero-order chi connectivity index (χ0) is 16.1. The summed E-state index contributed by atoms with van der Waals surface area (Å²) in [5.41, 5.74) is 1.91. The Morgan fingerprint density at radius 1 is 1.32 bits per heavy atom. The van der Waals surface area contributed by atoms with Gasteiger partial charge in [-0.15, -0.1) is 11.3 Å². The maximum atomic E-state index is 10.7. The van der Waals surface area contributed by atoms with E-state index < -0.39 is 5.97 Å². The Balaban J connectivity index is 2.20. The van der Waals surface area contributed by atoms with Crippen molar-refractivity contribution in [3.8, 4) is 11.5 Å². The Kier molecular flexibility index (Phi) is 5.38. The molecule has 22 heavy (non-hydrogen) atoms. The molecule has 5 nitrogen and oxygen atoms in total. The monoisotopic (exact) mass is 321 g/mol. The number of aromatic nitrogens is 1. The summed E-state index contributed by atoms with van der Waals surface area (Å²) in [6, 6.07) is 5.67. The van der Waals surface area contributed by atoms with E-state index in [-0.39, 0.29) is 6.42 Å². The van der Waals surface area contributed by atoms with Gasteiger partial charge in [0.25, 0.3) is 0 Å². The smallest absolute Gasteiger partial charge is 0.303 e. The van der Waals surface area contributed by atoms with Crippen LogP contribution in [0, 0.1) is 6.92 Å². The molecule has 1 heterocycles. The fraction of sp³-hybridized carbons (Fsp3) is 0.375. The lowest BCUT2D eigenvalue weighted by Crippen LogP contribution is -1.96. The zero-order valence-electron chi connectivity index (χ0n) is 12.9. The van der Waals surface area contributed by atoms with Crippen molar-refractivity contribution in [2.45, 2.75) is 26.2 Å². The van der Waals surface area contributed by atoms with Crippen molar-refractivity contribution in [2.75, 3.05) is 14.2 Å². The number of hydrogen-bond acceptors (Lipinski definition) is 5.